The van der Waals surface area contributed by atoms with Gasteiger partial charge in [0.2, 0.25) is 0 Å². The van der Waals surface area contributed by atoms with Crippen LogP contribution in [0.1, 0.15) is 31.7 Å². The Morgan fingerprint density at radius 2 is 2.31 bits per heavy atom. The Hall–Kier alpha value is -1.16. The van der Waals surface area contributed by atoms with Crippen molar-refractivity contribution in [1.82, 2.24) is 4.98 Å². The quantitative estimate of drug-likeness (QED) is 0.832. The summed E-state index contributed by atoms with van der Waals surface area (Å²) in [5.41, 5.74) is 0.584. The van der Waals surface area contributed by atoms with Crippen molar-refractivity contribution < 1.29 is 9.50 Å². The van der Waals surface area contributed by atoms with Crippen molar-refractivity contribution in [1.29, 1.82) is 0 Å². The van der Waals surface area contributed by atoms with Crippen LogP contribution >= 0.6 is 0 Å². The number of pyridine rings is 1. The molecule has 1 aromatic rings. The van der Waals surface area contributed by atoms with Crippen LogP contribution in [0.25, 0.3) is 0 Å². The topological polar surface area (TPSA) is 36.4 Å². The van der Waals surface area contributed by atoms with Gasteiger partial charge in [0.15, 0.2) is 0 Å². The van der Waals surface area contributed by atoms with Crippen LogP contribution in [0, 0.1) is 5.82 Å². The molecule has 0 spiro atoms. The van der Waals surface area contributed by atoms with Gasteiger partial charge in [-0.3, -0.25) is 0 Å². The molecular formula is C12H17FN2O. The zero-order valence-corrected chi connectivity index (χ0v) is 9.49. The van der Waals surface area contributed by atoms with Crippen LogP contribution in [0.4, 0.5) is 10.2 Å². The van der Waals surface area contributed by atoms with Gasteiger partial charge in [0.25, 0.3) is 0 Å². The highest BCUT2D eigenvalue weighted by Gasteiger charge is 2.30. The van der Waals surface area contributed by atoms with Crippen molar-refractivity contribution in [3.63, 3.8) is 0 Å². The highest BCUT2D eigenvalue weighted by Crippen LogP contribution is 2.32. The molecule has 1 fully saturated rings. The van der Waals surface area contributed by atoms with Crippen molar-refractivity contribution >= 4 is 5.82 Å². The number of aliphatic hydroxyl groups is 1. The maximum Gasteiger partial charge on any atom is 0.142 e. The van der Waals surface area contributed by atoms with Gasteiger partial charge >= 0.3 is 0 Å². The molecule has 88 valence electrons. The molecule has 16 heavy (non-hydrogen) atoms. The fourth-order valence-electron chi connectivity index (χ4n) is 1.94. The van der Waals surface area contributed by atoms with Gasteiger partial charge in [0, 0.05) is 18.2 Å². The van der Waals surface area contributed by atoms with E-state index < -0.39 is 0 Å². The van der Waals surface area contributed by atoms with Gasteiger partial charge in [-0.15, -0.1) is 0 Å². The molecule has 1 aliphatic carbocycles. The molecule has 0 bridgehead atoms. The minimum atomic E-state index is -0.389. The Balaban J connectivity index is 2.28. The highest BCUT2D eigenvalue weighted by atomic mass is 19.1. The molecule has 0 unspecified atom stereocenters. The SMILES string of the molecule is CCCN(c1ncc(F)cc1CO)C1CC1. The standard InChI is InChI=1S/C12H17FN2O/c1-2-5-15(11-3-4-11)12-9(8-16)6-10(13)7-14-12/h6-7,11,16H,2-5,8H2,1H3. The Bertz CT molecular complexity index is 366. The van der Waals surface area contributed by atoms with Crippen molar-refractivity contribution in [2.75, 3.05) is 11.4 Å². The van der Waals surface area contributed by atoms with Crippen molar-refractivity contribution in [3.05, 3.63) is 23.6 Å². The fraction of sp³-hybridized carbons (Fsp3) is 0.583. The zero-order valence-electron chi connectivity index (χ0n) is 9.49. The lowest BCUT2D eigenvalue weighted by Crippen LogP contribution is -2.28. The van der Waals surface area contributed by atoms with Crippen LogP contribution < -0.4 is 4.90 Å². The molecule has 0 aromatic carbocycles. The second kappa shape index (κ2) is 4.78. The summed E-state index contributed by atoms with van der Waals surface area (Å²) in [5.74, 6) is 0.355. The van der Waals surface area contributed by atoms with E-state index in [4.69, 9.17) is 0 Å². The number of halogens is 1. The summed E-state index contributed by atoms with van der Waals surface area (Å²) < 4.78 is 13.0. The second-order valence-corrected chi connectivity index (χ2v) is 4.22. The lowest BCUT2D eigenvalue weighted by atomic mass is 10.2. The predicted octanol–water partition coefficient (Wildman–Crippen LogP) is 2.09. The molecule has 0 atom stereocenters. The van der Waals surface area contributed by atoms with Crippen molar-refractivity contribution in [2.24, 2.45) is 0 Å². The van der Waals surface area contributed by atoms with Gasteiger partial charge in [-0.1, -0.05) is 6.92 Å². The first-order valence-corrected chi connectivity index (χ1v) is 5.78. The highest BCUT2D eigenvalue weighted by molar-refractivity contribution is 5.48. The third-order valence-corrected chi connectivity index (χ3v) is 2.80. The fourth-order valence-corrected chi connectivity index (χ4v) is 1.94. The molecule has 1 saturated carbocycles. The molecule has 1 aliphatic rings. The molecule has 1 N–H and O–H groups in total. The van der Waals surface area contributed by atoms with Crippen molar-refractivity contribution in [2.45, 2.75) is 38.8 Å². The maximum absolute atomic E-state index is 13.0. The maximum atomic E-state index is 13.0. The van der Waals surface area contributed by atoms with Crippen LogP contribution in [-0.4, -0.2) is 22.7 Å². The first kappa shape index (κ1) is 11.3. The molecule has 0 aliphatic heterocycles. The molecule has 0 radical (unpaired) electrons. The molecule has 0 saturated heterocycles. The van der Waals surface area contributed by atoms with E-state index in [1.807, 2.05) is 0 Å². The van der Waals surface area contributed by atoms with Crippen molar-refractivity contribution in [3.8, 4) is 0 Å². The summed E-state index contributed by atoms with van der Waals surface area (Å²) >= 11 is 0. The molecule has 3 nitrogen and oxygen atoms in total. The van der Waals surface area contributed by atoms with E-state index in [2.05, 4.69) is 16.8 Å². The zero-order chi connectivity index (χ0) is 11.5. The minimum Gasteiger partial charge on any atom is -0.392 e. The average Bonchev–Trinajstić information content (AvgIpc) is 3.10. The van der Waals surface area contributed by atoms with Crippen LogP contribution in [-0.2, 0) is 6.61 Å². The van der Waals surface area contributed by atoms with E-state index in [9.17, 15) is 9.50 Å². The van der Waals surface area contributed by atoms with E-state index in [-0.39, 0.29) is 12.4 Å². The van der Waals surface area contributed by atoms with E-state index in [0.29, 0.717) is 11.6 Å². The number of anilines is 1. The van der Waals surface area contributed by atoms with E-state index in [1.54, 1.807) is 0 Å². The van der Waals surface area contributed by atoms with Gasteiger partial charge < -0.3 is 10.0 Å². The number of hydrogen-bond acceptors (Lipinski definition) is 3. The Morgan fingerprint density at radius 1 is 1.56 bits per heavy atom. The van der Waals surface area contributed by atoms with Gasteiger partial charge in [-0.25, -0.2) is 9.37 Å². The third-order valence-electron chi connectivity index (χ3n) is 2.80. The molecule has 1 aromatic heterocycles. The van der Waals surface area contributed by atoms with E-state index in [1.165, 1.54) is 25.1 Å². The largest absolute Gasteiger partial charge is 0.392 e. The number of nitrogens with zero attached hydrogens (tertiary/aromatic N) is 2. The summed E-state index contributed by atoms with van der Waals surface area (Å²) in [6.45, 7) is 2.86. The number of rotatable bonds is 5. The Labute approximate surface area is 94.9 Å². The van der Waals surface area contributed by atoms with Crippen LogP contribution in [0.15, 0.2) is 12.3 Å². The first-order valence-electron chi connectivity index (χ1n) is 5.78. The first-order chi connectivity index (χ1) is 7.76. The smallest absolute Gasteiger partial charge is 0.142 e. The van der Waals surface area contributed by atoms with Gasteiger partial charge in [-0.05, 0) is 25.3 Å². The van der Waals surface area contributed by atoms with Crippen LogP contribution in [0.2, 0.25) is 0 Å². The molecular weight excluding hydrogens is 207 g/mol. The summed E-state index contributed by atoms with van der Waals surface area (Å²) in [6, 6.07) is 1.90. The number of aliphatic hydroxyl groups excluding tert-OH is 1. The Morgan fingerprint density at radius 3 is 2.88 bits per heavy atom. The lowest BCUT2D eigenvalue weighted by molar-refractivity contribution is 0.281. The third kappa shape index (κ3) is 2.32. The monoisotopic (exact) mass is 224 g/mol. The summed E-state index contributed by atoms with van der Waals surface area (Å²) in [4.78, 5) is 6.31. The van der Waals surface area contributed by atoms with E-state index >= 15 is 0 Å². The number of hydrogen-bond donors (Lipinski definition) is 1. The number of aromatic nitrogens is 1. The second-order valence-electron chi connectivity index (χ2n) is 4.22. The molecule has 0 amide bonds. The normalized spacial score (nSPS) is 15.2. The summed E-state index contributed by atoms with van der Waals surface area (Å²) in [5, 5.41) is 9.23. The van der Waals surface area contributed by atoms with Gasteiger partial charge in [-0.2, -0.15) is 0 Å². The minimum absolute atomic E-state index is 0.160. The van der Waals surface area contributed by atoms with Gasteiger partial charge in [0.1, 0.15) is 11.6 Å². The molecule has 2 rings (SSSR count). The lowest BCUT2D eigenvalue weighted by Gasteiger charge is -2.24. The predicted molar refractivity (Wildman–Crippen MR) is 60.8 cm³/mol. The summed E-state index contributed by atoms with van der Waals surface area (Å²) in [7, 11) is 0. The Kier molecular flexibility index (Phi) is 3.39. The van der Waals surface area contributed by atoms with Crippen LogP contribution in [0.5, 0.6) is 0 Å². The molecule has 1 heterocycles. The molecule has 4 heteroatoms. The van der Waals surface area contributed by atoms with Gasteiger partial charge in [0.05, 0.1) is 12.8 Å². The summed E-state index contributed by atoms with van der Waals surface area (Å²) in [6.07, 6.45) is 4.59. The average molecular weight is 224 g/mol. The van der Waals surface area contributed by atoms with E-state index in [0.717, 1.165) is 18.8 Å². The van der Waals surface area contributed by atoms with Crippen LogP contribution in [0.3, 0.4) is 0 Å².